The number of hydrogen-bond acceptors (Lipinski definition) is 2. The van der Waals surface area contributed by atoms with E-state index in [2.05, 4.69) is 35.3 Å². The average Bonchev–Trinajstić information content (AvgIpc) is 2.47. The molecule has 1 aromatic rings. The molecule has 1 aromatic carbocycles. The van der Waals surface area contributed by atoms with Gasteiger partial charge in [-0.3, -0.25) is 0 Å². The molecule has 0 amide bonds. The first-order chi connectivity index (χ1) is 7.66. The molecule has 1 heterocycles. The second-order valence-corrected chi connectivity index (χ2v) is 5.10. The Kier molecular flexibility index (Phi) is 3.72. The van der Waals surface area contributed by atoms with E-state index < -0.39 is 0 Å². The van der Waals surface area contributed by atoms with E-state index in [1.807, 2.05) is 6.92 Å². The molecule has 0 saturated carbocycles. The minimum atomic E-state index is 0.683. The van der Waals surface area contributed by atoms with Crippen molar-refractivity contribution < 1.29 is 0 Å². The van der Waals surface area contributed by atoms with E-state index in [1.165, 1.54) is 5.69 Å². The lowest BCUT2D eigenvalue weighted by Crippen LogP contribution is -2.29. The monoisotopic (exact) mass is 238 g/mol. The van der Waals surface area contributed by atoms with Crippen molar-refractivity contribution in [1.29, 1.82) is 0 Å². The summed E-state index contributed by atoms with van der Waals surface area (Å²) >= 11 is 6.17. The van der Waals surface area contributed by atoms with Crippen molar-refractivity contribution in [2.24, 2.45) is 5.92 Å². The maximum Gasteiger partial charge on any atom is 0.0455 e. The van der Waals surface area contributed by atoms with Crippen LogP contribution in [-0.4, -0.2) is 26.2 Å². The number of nitrogens with zero attached hydrogens (tertiary/aromatic N) is 1. The fourth-order valence-corrected chi connectivity index (χ4v) is 2.28. The Morgan fingerprint density at radius 2 is 2.25 bits per heavy atom. The van der Waals surface area contributed by atoms with E-state index in [0.29, 0.717) is 5.92 Å². The zero-order valence-electron chi connectivity index (χ0n) is 9.96. The van der Waals surface area contributed by atoms with Crippen LogP contribution in [0.4, 0.5) is 5.69 Å². The van der Waals surface area contributed by atoms with Crippen LogP contribution in [0.2, 0.25) is 5.02 Å². The first-order valence-electron chi connectivity index (χ1n) is 5.88. The van der Waals surface area contributed by atoms with Crippen LogP contribution in [0.15, 0.2) is 18.2 Å². The summed E-state index contributed by atoms with van der Waals surface area (Å²) in [4.78, 5) is 2.41. The molecule has 2 rings (SSSR count). The number of nitrogens with one attached hydrogen (secondary N) is 1. The van der Waals surface area contributed by atoms with Gasteiger partial charge in [0.15, 0.2) is 0 Å². The van der Waals surface area contributed by atoms with Gasteiger partial charge in [0, 0.05) is 30.3 Å². The maximum atomic E-state index is 6.17. The highest BCUT2D eigenvalue weighted by Gasteiger charge is 2.14. The van der Waals surface area contributed by atoms with Crippen molar-refractivity contribution in [2.75, 3.05) is 31.1 Å². The van der Waals surface area contributed by atoms with Gasteiger partial charge >= 0.3 is 0 Å². The molecule has 1 fully saturated rings. The minimum absolute atomic E-state index is 0.683. The molecule has 0 aliphatic carbocycles. The molecule has 1 N–H and O–H groups in total. The molecular weight excluding hydrogens is 220 g/mol. The van der Waals surface area contributed by atoms with Gasteiger partial charge in [-0.15, -0.1) is 0 Å². The van der Waals surface area contributed by atoms with Crippen LogP contribution in [0.25, 0.3) is 0 Å². The van der Waals surface area contributed by atoms with E-state index in [1.54, 1.807) is 0 Å². The Bertz CT molecular complexity index is 365. The molecule has 0 bridgehead atoms. The van der Waals surface area contributed by atoms with Gasteiger partial charge in [0.25, 0.3) is 0 Å². The van der Waals surface area contributed by atoms with Gasteiger partial charge < -0.3 is 10.2 Å². The third kappa shape index (κ3) is 2.69. The molecule has 1 atom stereocenters. The van der Waals surface area contributed by atoms with Crippen molar-refractivity contribution >= 4 is 17.3 Å². The Balaban J connectivity index is 2.18. The van der Waals surface area contributed by atoms with Gasteiger partial charge in [0.05, 0.1) is 0 Å². The predicted octanol–water partition coefficient (Wildman–Crippen LogP) is 2.69. The van der Waals surface area contributed by atoms with Crippen LogP contribution >= 0.6 is 11.6 Å². The highest BCUT2D eigenvalue weighted by molar-refractivity contribution is 6.31. The highest BCUT2D eigenvalue weighted by Crippen LogP contribution is 2.24. The Morgan fingerprint density at radius 1 is 1.44 bits per heavy atom. The molecule has 0 spiro atoms. The summed E-state index contributed by atoms with van der Waals surface area (Å²) in [6, 6.07) is 6.34. The van der Waals surface area contributed by atoms with Gasteiger partial charge in [0.2, 0.25) is 0 Å². The molecule has 0 radical (unpaired) electrons. The number of halogens is 1. The largest absolute Gasteiger partial charge is 0.370 e. The lowest BCUT2D eigenvalue weighted by molar-refractivity contribution is 0.564. The Hall–Kier alpha value is -0.730. The number of hydrogen-bond donors (Lipinski definition) is 1. The summed E-state index contributed by atoms with van der Waals surface area (Å²) < 4.78 is 0. The molecular formula is C13H19ClN2. The number of rotatable bonds is 1. The average molecular weight is 239 g/mol. The van der Waals surface area contributed by atoms with E-state index >= 15 is 0 Å². The molecule has 1 aliphatic rings. The fourth-order valence-electron chi connectivity index (χ4n) is 2.11. The summed E-state index contributed by atoms with van der Waals surface area (Å²) in [6.45, 7) is 8.64. The van der Waals surface area contributed by atoms with Gasteiger partial charge in [-0.05, 0) is 37.1 Å². The van der Waals surface area contributed by atoms with E-state index in [4.69, 9.17) is 11.6 Å². The standard InChI is InChI=1S/C13H19ClN2/c1-10-8-15-5-6-16(9-10)12-4-3-11(2)13(14)7-12/h3-4,7,10,15H,5-6,8-9H2,1-2H3. The van der Waals surface area contributed by atoms with Crippen molar-refractivity contribution in [1.82, 2.24) is 5.32 Å². The van der Waals surface area contributed by atoms with Crippen molar-refractivity contribution in [2.45, 2.75) is 13.8 Å². The van der Waals surface area contributed by atoms with Gasteiger partial charge in [0.1, 0.15) is 0 Å². The second kappa shape index (κ2) is 5.07. The molecule has 0 aromatic heterocycles. The Labute approximate surface area is 103 Å². The van der Waals surface area contributed by atoms with E-state index in [0.717, 1.165) is 36.8 Å². The molecule has 16 heavy (non-hydrogen) atoms. The molecule has 2 nitrogen and oxygen atoms in total. The first kappa shape index (κ1) is 11.7. The van der Waals surface area contributed by atoms with Crippen LogP contribution in [0.5, 0.6) is 0 Å². The number of benzene rings is 1. The normalized spacial score (nSPS) is 21.9. The van der Waals surface area contributed by atoms with Crippen LogP contribution in [-0.2, 0) is 0 Å². The topological polar surface area (TPSA) is 15.3 Å². The summed E-state index contributed by atoms with van der Waals surface area (Å²) in [7, 11) is 0. The van der Waals surface area contributed by atoms with E-state index in [9.17, 15) is 0 Å². The lowest BCUT2D eigenvalue weighted by atomic mass is 10.1. The van der Waals surface area contributed by atoms with Crippen LogP contribution in [0.1, 0.15) is 12.5 Å². The Morgan fingerprint density at radius 3 is 3.00 bits per heavy atom. The van der Waals surface area contributed by atoms with Crippen LogP contribution < -0.4 is 10.2 Å². The predicted molar refractivity (Wildman–Crippen MR) is 70.4 cm³/mol. The summed E-state index contributed by atoms with van der Waals surface area (Å²) in [6.07, 6.45) is 0. The molecule has 1 unspecified atom stereocenters. The minimum Gasteiger partial charge on any atom is -0.370 e. The zero-order chi connectivity index (χ0) is 11.5. The third-order valence-electron chi connectivity index (χ3n) is 3.10. The van der Waals surface area contributed by atoms with Crippen molar-refractivity contribution in [3.05, 3.63) is 28.8 Å². The van der Waals surface area contributed by atoms with E-state index in [-0.39, 0.29) is 0 Å². The summed E-state index contributed by atoms with van der Waals surface area (Å²) in [5.41, 5.74) is 2.39. The highest BCUT2D eigenvalue weighted by atomic mass is 35.5. The number of anilines is 1. The first-order valence-corrected chi connectivity index (χ1v) is 6.26. The van der Waals surface area contributed by atoms with Gasteiger partial charge in [-0.1, -0.05) is 24.6 Å². The fraction of sp³-hybridized carbons (Fsp3) is 0.538. The van der Waals surface area contributed by atoms with Crippen LogP contribution in [0.3, 0.4) is 0 Å². The lowest BCUT2D eigenvalue weighted by Gasteiger charge is -2.25. The molecule has 1 saturated heterocycles. The second-order valence-electron chi connectivity index (χ2n) is 4.69. The van der Waals surface area contributed by atoms with Crippen LogP contribution in [0, 0.1) is 12.8 Å². The zero-order valence-corrected chi connectivity index (χ0v) is 10.7. The van der Waals surface area contributed by atoms with Gasteiger partial charge in [-0.25, -0.2) is 0 Å². The third-order valence-corrected chi connectivity index (χ3v) is 3.51. The smallest absolute Gasteiger partial charge is 0.0455 e. The quantitative estimate of drug-likeness (QED) is 0.810. The maximum absolute atomic E-state index is 6.17. The molecule has 88 valence electrons. The summed E-state index contributed by atoms with van der Waals surface area (Å²) in [5, 5.41) is 4.31. The number of aryl methyl sites for hydroxylation is 1. The van der Waals surface area contributed by atoms with Crippen molar-refractivity contribution in [3.63, 3.8) is 0 Å². The van der Waals surface area contributed by atoms with Gasteiger partial charge in [-0.2, -0.15) is 0 Å². The molecule has 3 heteroatoms. The summed E-state index contributed by atoms with van der Waals surface area (Å²) in [5.74, 6) is 0.683. The SMILES string of the molecule is Cc1ccc(N2CCNCC(C)C2)cc1Cl. The molecule has 1 aliphatic heterocycles. The van der Waals surface area contributed by atoms with Crippen molar-refractivity contribution in [3.8, 4) is 0 Å².